The highest BCUT2D eigenvalue weighted by Crippen LogP contribution is 2.29. The van der Waals surface area contributed by atoms with Crippen molar-refractivity contribution in [2.24, 2.45) is 28.9 Å². The third-order valence-corrected chi connectivity index (χ3v) is 11.3. The third kappa shape index (κ3) is 149. The van der Waals surface area contributed by atoms with E-state index in [4.69, 9.17) is 20.2 Å². The van der Waals surface area contributed by atoms with Crippen molar-refractivity contribution < 1.29 is 183 Å². The molecule has 0 saturated carbocycles. The number of aliphatic hydroxyl groups is 1. The number of aliphatic hydroxyl groups excluding tert-OH is 1. The number of nitrogens with zero attached hydrogens (tertiary/aromatic N) is 1. The number of carbonyl (C=O) groups is 9. The van der Waals surface area contributed by atoms with Crippen molar-refractivity contribution in [2.45, 2.75) is 117 Å². The van der Waals surface area contributed by atoms with Gasteiger partial charge in [0, 0.05) is 95.6 Å². The van der Waals surface area contributed by atoms with Gasteiger partial charge in [0.1, 0.15) is 35.5 Å². The van der Waals surface area contributed by atoms with Gasteiger partial charge < -0.3 is 20.9 Å². The second-order valence-electron chi connectivity index (χ2n) is 17.7. The predicted molar refractivity (Wildman–Crippen MR) is 515 cm³/mol. The van der Waals surface area contributed by atoms with Crippen LogP contribution in [0.25, 0.3) is 0 Å². The van der Waals surface area contributed by atoms with Crippen LogP contribution in [0.5, 0.6) is 0 Å². The summed E-state index contributed by atoms with van der Waals surface area (Å²) in [4.78, 5) is 134. The molecule has 1 aliphatic rings. The number of benzene rings is 1. The zero-order chi connectivity index (χ0) is 110. The fourth-order valence-corrected chi connectivity index (χ4v) is 7.34. The number of nitrogens with one attached hydrogen (secondary N) is 1. The average Bonchev–Trinajstić information content (AvgIpc) is 1.25. The molecular weight excluding hydrogens is 1740 g/mol. The molecule has 1 fully saturated rings. The Labute approximate surface area is 787 Å². The third-order valence-electron chi connectivity index (χ3n) is 11.3. The van der Waals surface area contributed by atoms with Crippen molar-refractivity contribution in [1.29, 1.82) is 0 Å². The number of urea groups is 1. The fraction of sp³-hybridized carbons (Fsp3) is 0.315. The first-order valence-corrected chi connectivity index (χ1v) is 36.8. The van der Waals surface area contributed by atoms with E-state index < -0.39 is 79.5 Å². The summed E-state index contributed by atoms with van der Waals surface area (Å²) in [6.07, 6.45) is -1.74. The Balaban J connectivity index is -0.000000101. The number of Topliss-reactive ketones (excluding diaryl/α,β-unsaturated/α-hetero) is 5. The van der Waals surface area contributed by atoms with E-state index in [1.54, 1.807) is 38.1 Å². The quantitative estimate of drug-likeness (QED) is 0.0136. The summed E-state index contributed by atoms with van der Waals surface area (Å²) < 4.78 is 5.49. The number of hydrogen-bond donors (Lipinski definition) is 3. The van der Waals surface area contributed by atoms with Gasteiger partial charge in [0.15, 0.2) is 0 Å². The number of imide groups is 1. The maximum atomic E-state index is 13.8. The number of amides is 4. The van der Waals surface area contributed by atoms with E-state index in [0.29, 0.717) is 17.5 Å². The minimum absolute atomic E-state index is 0.00664. The van der Waals surface area contributed by atoms with Crippen molar-refractivity contribution >= 4 is 52.7 Å². The summed E-state index contributed by atoms with van der Waals surface area (Å²) in [5.74, 6) is -5.60. The first-order valence-electron chi connectivity index (χ1n) is 36.8. The molecule has 0 bridgehead atoms. The van der Waals surface area contributed by atoms with E-state index in [9.17, 15) is 48.3 Å². The number of primary amides is 1. The van der Waals surface area contributed by atoms with Crippen LogP contribution in [0.1, 0.15) is 115 Å². The van der Waals surface area contributed by atoms with Crippen LogP contribution in [0.3, 0.4) is 0 Å². The van der Waals surface area contributed by atoms with Crippen LogP contribution in [-0.4, -0.2) is 110 Å². The van der Waals surface area contributed by atoms with Gasteiger partial charge in [-0.05, 0) is 154 Å². The summed E-state index contributed by atoms with van der Waals surface area (Å²) in [6.45, 7) is 145. The van der Waals surface area contributed by atoms with Gasteiger partial charge in [-0.15, -0.1) is 316 Å². The summed E-state index contributed by atoms with van der Waals surface area (Å²) in [6, 6.07) is 5.99. The fourth-order valence-electron chi connectivity index (χ4n) is 7.34. The van der Waals surface area contributed by atoms with Crippen molar-refractivity contribution in [2.75, 3.05) is 47.1 Å². The highest BCUT2D eigenvalue weighted by molar-refractivity contribution is 6.02. The van der Waals surface area contributed by atoms with E-state index in [-0.39, 0.29) is 126 Å². The van der Waals surface area contributed by atoms with Gasteiger partial charge in [-0.25, -0.2) is 24.3 Å². The monoisotopic (exact) mass is 1900 g/mol. The zero-order valence-corrected chi connectivity index (χ0v) is 79.5. The summed E-state index contributed by atoms with van der Waals surface area (Å²) in [5.41, 5.74) is 4.61. The second kappa shape index (κ2) is 196. The highest BCUT2D eigenvalue weighted by atomic mass is 18.0. The Kier molecular flexibility index (Phi) is 268. The standard InChI is InChI=1S/C44H65N3O37.24C2H4/c1-30(2)37(39(53)23-33(8-7-20-46-43(45)57)38(52)22-31-13-15-32(26-48)16-14-31)24-35(50)10-6-12-42(56)60-27-44(28-61-65-69-73-77-81-83-79-75-71-67-63-58-3,29-62-66-70-74-78-82-84-80-76-72-68-64-59-4)25-36(51)11-5-9-34(49)19-21-47-40(54)17-18-41(47)55;24*1-2/h13-16,30,33,37,48H,5-12,17-29H2,1-4H3,(H3,45,46,57);24*1-2H2. The molecule has 766 valence electrons. The van der Waals surface area contributed by atoms with Crippen LogP contribution in [-0.2, 0) is 187 Å². The summed E-state index contributed by atoms with van der Waals surface area (Å²) >= 11 is 0. The molecule has 1 aromatic rings. The van der Waals surface area contributed by atoms with E-state index in [1.807, 2.05) is 0 Å². The average molecular weight is 1900 g/mol. The van der Waals surface area contributed by atoms with Crippen LogP contribution in [0, 0.1) is 23.2 Å². The number of likely N-dealkylation sites (tertiary alicyclic amines) is 1. The number of rotatable bonds is 57. The van der Waals surface area contributed by atoms with E-state index in [0.717, 1.165) is 19.1 Å². The lowest BCUT2D eigenvalue weighted by atomic mass is 9.80. The molecular formula is C92H161N3O37. The normalized spacial score (nSPS) is 9.24. The largest absolute Gasteiger partial charge is 0.465 e. The Morgan fingerprint density at radius 3 is 0.985 bits per heavy atom. The topological polar surface area (TPSA) is 464 Å². The van der Waals surface area contributed by atoms with E-state index in [1.165, 1.54) is 0 Å². The number of carbonyl (C=O) groups excluding carboxylic acids is 9. The van der Waals surface area contributed by atoms with Crippen molar-refractivity contribution in [1.82, 2.24) is 10.2 Å². The minimum Gasteiger partial charge on any atom is -0.465 e. The van der Waals surface area contributed by atoms with Crippen LogP contribution in [0.15, 0.2) is 340 Å². The number of hydrogen-bond acceptors (Lipinski definition) is 37. The van der Waals surface area contributed by atoms with Crippen molar-refractivity contribution in [3.63, 3.8) is 0 Å². The molecule has 0 aliphatic carbocycles. The molecule has 2 unspecified atom stereocenters. The predicted octanol–water partition coefficient (Wildman–Crippen LogP) is 21.4. The first kappa shape index (κ1) is 181. The Bertz CT molecular complexity index is 2360. The summed E-state index contributed by atoms with van der Waals surface area (Å²) in [7, 11) is 2.10. The molecule has 0 aromatic heterocycles. The van der Waals surface area contributed by atoms with Crippen LogP contribution >= 0.6 is 0 Å². The molecule has 1 aromatic carbocycles. The molecule has 132 heavy (non-hydrogen) atoms. The van der Waals surface area contributed by atoms with Crippen LogP contribution in [0.4, 0.5) is 4.79 Å². The number of ketones is 5. The minimum atomic E-state index is -1.89. The van der Waals surface area contributed by atoms with Crippen molar-refractivity contribution in [3.05, 3.63) is 351 Å². The molecule has 0 spiro atoms. The molecule has 40 nitrogen and oxygen atoms in total. The Morgan fingerprint density at radius 2 is 0.674 bits per heavy atom. The second-order valence-corrected chi connectivity index (χ2v) is 17.7. The molecule has 40 heteroatoms. The number of esters is 1. The van der Waals surface area contributed by atoms with Gasteiger partial charge in [-0.2, -0.15) is 0 Å². The lowest BCUT2D eigenvalue weighted by Crippen LogP contribution is -2.40. The molecule has 0 radical (unpaired) electrons. The molecule has 1 heterocycles. The lowest BCUT2D eigenvalue weighted by Gasteiger charge is -2.30. The van der Waals surface area contributed by atoms with Crippen LogP contribution < -0.4 is 11.1 Å². The van der Waals surface area contributed by atoms with Gasteiger partial charge in [0.25, 0.3) is 0 Å². The summed E-state index contributed by atoms with van der Waals surface area (Å²) in [5, 5.41) is 97.0. The number of nitrogens with two attached hydrogens (primary N) is 1. The highest BCUT2D eigenvalue weighted by Gasteiger charge is 2.38. The Hall–Kier alpha value is -11.9. The van der Waals surface area contributed by atoms with E-state index in [2.05, 4.69) is 442 Å². The van der Waals surface area contributed by atoms with Gasteiger partial charge in [0.05, 0.1) is 39.5 Å². The zero-order valence-electron chi connectivity index (χ0n) is 79.5. The maximum Gasteiger partial charge on any atom is 0.312 e. The van der Waals surface area contributed by atoms with Gasteiger partial charge >= 0.3 is 12.0 Å². The van der Waals surface area contributed by atoms with Gasteiger partial charge in [-0.3, -0.25) is 43.3 Å². The van der Waals surface area contributed by atoms with Crippen LogP contribution in [0.2, 0.25) is 0 Å². The molecule has 2 rings (SSSR count). The van der Waals surface area contributed by atoms with Gasteiger partial charge in [0.2, 0.25) is 11.8 Å². The SMILES string of the molecule is C=C.C=C.C=C.C=C.C=C.C=C.C=C.C=C.C=C.C=C.C=C.C=C.C=C.C=C.C=C.C=C.C=C.C=C.C=C.C=C.C=C.C=C.C=C.C=C.COOOOOOOOOOOOOCC(COOOOOOOOOOOOOC)(COC(=O)CCCC(=O)CC(C(=O)CC(CCCNC(N)=O)C(=O)Cc1ccc(CO)cc1)C(C)C)CC(=O)CCCC(=O)CCN1C(=O)CCC1=O. The lowest BCUT2D eigenvalue weighted by molar-refractivity contribution is -0.870. The smallest absolute Gasteiger partial charge is 0.312 e. The molecule has 1 saturated heterocycles. The molecule has 1 aliphatic heterocycles. The molecule has 4 N–H and O–H groups in total. The number of ether oxygens (including phenoxy) is 1. The van der Waals surface area contributed by atoms with Crippen molar-refractivity contribution in [3.8, 4) is 0 Å². The van der Waals surface area contributed by atoms with E-state index >= 15 is 0 Å². The molecule has 4 amide bonds. The van der Waals surface area contributed by atoms with Gasteiger partial charge in [-0.1, -0.05) is 38.1 Å². The maximum absolute atomic E-state index is 13.8. The Morgan fingerprint density at radius 1 is 0.379 bits per heavy atom. The molecule has 2 atom stereocenters. The first-order chi connectivity index (χ1) is 64.5.